The zero-order valence-corrected chi connectivity index (χ0v) is 17.2. The number of hydrogen-bond acceptors (Lipinski definition) is 7. The summed E-state index contributed by atoms with van der Waals surface area (Å²) in [6.45, 7) is 1.91. The summed E-state index contributed by atoms with van der Waals surface area (Å²) in [6.07, 6.45) is 0.163. The lowest BCUT2D eigenvalue weighted by Gasteiger charge is -2.17. The molecule has 30 heavy (non-hydrogen) atoms. The lowest BCUT2D eigenvalue weighted by atomic mass is 10.2. The summed E-state index contributed by atoms with van der Waals surface area (Å²) < 4.78 is 38.4. The molecule has 2 aromatic rings. The number of rotatable bonds is 7. The number of carbonyl (C=O) groups is 3. The number of esters is 1. The molecule has 1 aliphatic heterocycles. The lowest BCUT2D eigenvalue weighted by Crippen LogP contribution is -2.28. The highest BCUT2D eigenvalue weighted by Crippen LogP contribution is 2.32. The Kier molecular flexibility index (Phi) is 6.06. The summed E-state index contributed by atoms with van der Waals surface area (Å²) >= 11 is 0. The van der Waals surface area contributed by atoms with E-state index in [0.717, 1.165) is 4.90 Å². The SMILES string of the molecule is CCOC(=O)c1ccc(NS(=O)(=O)c2cc(N3C(=O)CCC3=O)ccc2OC)cc1. The quantitative estimate of drug-likeness (QED) is 0.527. The van der Waals surface area contributed by atoms with E-state index in [1.807, 2.05) is 0 Å². The van der Waals surface area contributed by atoms with Crippen molar-refractivity contribution in [1.82, 2.24) is 0 Å². The number of carbonyl (C=O) groups excluding carboxylic acids is 3. The van der Waals surface area contributed by atoms with E-state index in [9.17, 15) is 22.8 Å². The van der Waals surface area contributed by atoms with Crippen LogP contribution in [0.3, 0.4) is 0 Å². The highest BCUT2D eigenvalue weighted by Gasteiger charge is 2.32. The summed E-state index contributed by atoms with van der Waals surface area (Å²) in [4.78, 5) is 36.5. The first-order valence-corrected chi connectivity index (χ1v) is 10.6. The van der Waals surface area contributed by atoms with E-state index in [1.54, 1.807) is 6.92 Å². The van der Waals surface area contributed by atoms with Gasteiger partial charge in [0.05, 0.1) is 25.0 Å². The molecule has 1 aliphatic rings. The average molecular weight is 432 g/mol. The molecule has 9 nitrogen and oxygen atoms in total. The zero-order chi connectivity index (χ0) is 21.9. The Bertz CT molecular complexity index is 1080. The molecule has 0 aliphatic carbocycles. The van der Waals surface area contributed by atoms with Gasteiger partial charge < -0.3 is 9.47 Å². The van der Waals surface area contributed by atoms with Gasteiger partial charge >= 0.3 is 5.97 Å². The first-order chi connectivity index (χ1) is 14.3. The highest BCUT2D eigenvalue weighted by molar-refractivity contribution is 7.92. The van der Waals surface area contributed by atoms with Gasteiger partial charge in [-0.15, -0.1) is 0 Å². The predicted octanol–water partition coefficient (Wildman–Crippen LogP) is 2.33. The van der Waals surface area contributed by atoms with E-state index in [1.165, 1.54) is 49.6 Å². The molecule has 1 fully saturated rings. The second-order valence-corrected chi connectivity index (χ2v) is 8.01. The van der Waals surface area contributed by atoms with E-state index < -0.39 is 27.8 Å². The fourth-order valence-corrected chi connectivity index (χ4v) is 4.23. The first-order valence-electron chi connectivity index (χ1n) is 9.10. The molecular weight excluding hydrogens is 412 g/mol. The molecule has 1 saturated heterocycles. The Balaban J connectivity index is 1.91. The third-order valence-corrected chi connectivity index (χ3v) is 5.80. The normalized spacial score (nSPS) is 14.0. The van der Waals surface area contributed by atoms with Crippen molar-refractivity contribution in [3.8, 4) is 5.75 Å². The van der Waals surface area contributed by atoms with Crippen LogP contribution in [-0.2, 0) is 24.3 Å². The molecule has 0 radical (unpaired) electrons. The number of imide groups is 1. The number of hydrogen-bond donors (Lipinski definition) is 1. The highest BCUT2D eigenvalue weighted by atomic mass is 32.2. The maximum Gasteiger partial charge on any atom is 0.338 e. The van der Waals surface area contributed by atoms with Gasteiger partial charge in [0, 0.05) is 18.5 Å². The van der Waals surface area contributed by atoms with E-state index in [4.69, 9.17) is 9.47 Å². The van der Waals surface area contributed by atoms with Gasteiger partial charge in [0.1, 0.15) is 10.6 Å². The van der Waals surface area contributed by atoms with Crippen LogP contribution in [0.5, 0.6) is 5.75 Å². The summed E-state index contributed by atoms with van der Waals surface area (Å²) in [5.74, 6) is -1.25. The number of sulfonamides is 1. The third-order valence-electron chi connectivity index (χ3n) is 4.39. The Morgan fingerprint density at radius 2 is 1.70 bits per heavy atom. The Morgan fingerprint density at radius 3 is 2.27 bits per heavy atom. The molecule has 0 bridgehead atoms. The number of anilines is 2. The number of methoxy groups -OCH3 is 1. The summed E-state index contributed by atoms with van der Waals surface area (Å²) in [5.41, 5.74) is 0.649. The second kappa shape index (κ2) is 8.54. The van der Waals surface area contributed by atoms with Crippen molar-refractivity contribution in [2.24, 2.45) is 0 Å². The van der Waals surface area contributed by atoms with Crippen LogP contribution in [0.25, 0.3) is 0 Å². The Morgan fingerprint density at radius 1 is 1.07 bits per heavy atom. The molecule has 0 atom stereocenters. The van der Waals surface area contributed by atoms with Gasteiger partial charge in [0.15, 0.2) is 0 Å². The summed E-state index contributed by atoms with van der Waals surface area (Å²) in [6, 6.07) is 9.77. The standard InChI is InChI=1S/C20H20N2O7S/c1-3-29-20(25)13-4-6-14(7-5-13)21-30(26,27)17-12-15(8-9-16(17)28-2)22-18(23)10-11-19(22)24/h4-9,12,21H,3,10-11H2,1-2H3. The van der Waals surface area contributed by atoms with Crippen LogP contribution >= 0.6 is 0 Å². The van der Waals surface area contributed by atoms with Gasteiger partial charge in [-0.2, -0.15) is 0 Å². The fraction of sp³-hybridized carbons (Fsp3) is 0.250. The van der Waals surface area contributed by atoms with Gasteiger partial charge in [-0.3, -0.25) is 19.2 Å². The van der Waals surface area contributed by atoms with Crippen LogP contribution in [0.15, 0.2) is 47.4 Å². The third kappa shape index (κ3) is 4.28. The minimum atomic E-state index is -4.13. The molecule has 158 valence electrons. The lowest BCUT2D eigenvalue weighted by molar-refractivity contribution is -0.121. The summed E-state index contributed by atoms with van der Waals surface area (Å²) in [7, 11) is -2.81. The van der Waals surface area contributed by atoms with Crippen molar-refractivity contribution in [3.05, 3.63) is 48.0 Å². The molecule has 0 spiro atoms. The minimum absolute atomic E-state index is 0.0495. The molecule has 0 saturated carbocycles. The number of nitrogens with one attached hydrogen (secondary N) is 1. The van der Waals surface area contributed by atoms with E-state index in [0.29, 0.717) is 0 Å². The van der Waals surface area contributed by atoms with Crippen molar-refractivity contribution in [2.75, 3.05) is 23.3 Å². The number of amides is 2. The molecule has 2 amide bonds. The second-order valence-electron chi connectivity index (χ2n) is 6.36. The molecule has 3 rings (SSSR count). The van der Waals surface area contributed by atoms with Gasteiger partial charge in [-0.25, -0.2) is 13.2 Å². The van der Waals surface area contributed by atoms with Crippen LogP contribution in [0, 0.1) is 0 Å². The van der Waals surface area contributed by atoms with Crippen LogP contribution in [0.1, 0.15) is 30.1 Å². The van der Waals surface area contributed by atoms with Crippen LogP contribution in [0.4, 0.5) is 11.4 Å². The van der Waals surface area contributed by atoms with Crippen molar-refractivity contribution < 1.29 is 32.3 Å². The van der Waals surface area contributed by atoms with Crippen LogP contribution in [0.2, 0.25) is 0 Å². The van der Waals surface area contributed by atoms with Crippen molar-refractivity contribution in [2.45, 2.75) is 24.7 Å². The Labute approximate surface area is 173 Å². The Hall–Kier alpha value is -3.40. The van der Waals surface area contributed by atoms with Crippen molar-refractivity contribution in [3.63, 3.8) is 0 Å². The molecular formula is C20H20N2O7S. The number of benzene rings is 2. The smallest absolute Gasteiger partial charge is 0.338 e. The van der Waals surface area contributed by atoms with Crippen LogP contribution in [-0.4, -0.2) is 39.9 Å². The maximum absolute atomic E-state index is 13.0. The van der Waals surface area contributed by atoms with Crippen molar-refractivity contribution >= 4 is 39.2 Å². The average Bonchev–Trinajstić information content (AvgIpc) is 3.06. The van der Waals surface area contributed by atoms with Crippen LogP contribution < -0.4 is 14.4 Å². The van der Waals surface area contributed by atoms with Gasteiger partial charge in [-0.1, -0.05) is 0 Å². The van der Waals surface area contributed by atoms with E-state index in [-0.39, 0.29) is 47.0 Å². The van der Waals surface area contributed by atoms with Gasteiger partial charge in [-0.05, 0) is 49.4 Å². The maximum atomic E-state index is 13.0. The molecule has 0 unspecified atom stereocenters. The minimum Gasteiger partial charge on any atom is -0.495 e. The monoisotopic (exact) mass is 432 g/mol. The molecule has 0 aromatic heterocycles. The van der Waals surface area contributed by atoms with E-state index in [2.05, 4.69) is 4.72 Å². The largest absolute Gasteiger partial charge is 0.495 e. The summed E-state index contributed by atoms with van der Waals surface area (Å²) in [5, 5.41) is 0. The molecule has 10 heteroatoms. The fourth-order valence-electron chi connectivity index (χ4n) is 2.98. The molecule has 1 heterocycles. The van der Waals surface area contributed by atoms with Gasteiger partial charge in [0.25, 0.3) is 10.0 Å². The predicted molar refractivity (Wildman–Crippen MR) is 108 cm³/mol. The zero-order valence-electron chi connectivity index (χ0n) is 16.4. The topological polar surface area (TPSA) is 119 Å². The number of nitrogens with zero attached hydrogens (tertiary/aromatic N) is 1. The number of ether oxygens (including phenoxy) is 2. The first kappa shape index (κ1) is 21.3. The van der Waals surface area contributed by atoms with Crippen molar-refractivity contribution in [1.29, 1.82) is 0 Å². The van der Waals surface area contributed by atoms with Gasteiger partial charge in [0.2, 0.25) is 11.8 Å². The molecule has 1 N–H and O–H groups in total. The molecule has 2 aromatic carbocycles. The van der Waals surface area contributed by atoms with E-state index >= 15 is 0 Å².